The van der Waals surface area contributed by atoms with E-state index in [-0.39, 0.29) is 16.7 Å². The number of esters is 1. The van der Waals surface area contributed by atoms with Gasteiger partial charge in [-0.15, -0.1) is 0 Å². The van der Waals surface area contributed by atoms with Gasteiger partial charge in [-0.05, 0) is 47.2 Å². The second-order valence-corrected chi connectivity index (χ2v) is 16.0. The molecule has 18 atom stereocenters. The fraction of sp³-hybridized carbons (Fsp3) is 0.667. The minimum atomic E-state index is -2.05. The fourth-order valence-corrected chi connectivity index (χ4v) is 8.39. The summed E-state index contributed by atoms with van der Waals surface area (Å²) >= 11 is 1.49. The summed E-state index contributed by atoms with van der Waals surface area (Å²) < 4.78 is 50.6. The van der Waals surface area contributed by atoms with Crippen molar-refractivity contribution in [1.29, 1.82) is 0 Å². The van der Waals surface area contributed by atoms with Crippen LogP contribution in [0.4, 0.5) is 9.59 Å². The standard InChI is InChI=1S/C36H46O23S2/c1-60-35(49)53-7-11-3-15(39)21-13(29(46)47)9-51-32(19(11)21)59-34-28(26(44)24(42)18(6-38)56-34)57-30(48)14-10-52-31(58-33-27(45)25(43)23(41)17(5-37)55-33)20-12(4-16(40)22(14)20)8-54-36(50)61-2/h3-4,9-10,15-28,31-34,37-45H,5-8H2,1-2H3,(H,46,47)/t15-,16-,17+,18+,19+,20+,21-,22-,23+,24+,25-,26-,27+,28+,31-,32-,33-,34-/m0/s1. The molecule has 10 N–H and O–H groups in total. The Bertz CT molecular complexity index is 1770. The van der Waals surface area contributed by atoms with Crippen molar-refractivity contribution in [2.75, 3.05) is 38.9 Å². The van der Waals surface area contributed by atoms with Gasteiger partial charge in [0.15, 0.2) is 12.4 Å². The molecule has 2 aliphatic carbocycles. The zero-order chi connectivity index (χ0) is 44.4. The number of carbonyl (C=O) groups excluding carboxylic acids is 3. The first-order chi connectivity index (χ1) is 29.0. The Kier molecular flexibility index (Phi) is 15.4. The number of hydrogen-bond donors (Lipinski definition) is 10. The molecule has 0 saturated carbocycles. The number of rotatable bonds is 13. The van der Waals surface area contributed by atoms with Gasteiger partial charge in [0.25, 0.3) is 0 Å². The average molecular weight is 911 g/mol. The zero-order valence-corrected chi connectivity index (χ0v) is 33.8. The van der Waals surface area contributed by atoms with Gasteiger partial charge in [0.05, 0.1) is 60.9 Å². The van der Waals surface area contributed by atoms with E-state index in [1.54, 1.807) is 0 Å². The Labute approximate surface area is 354 Å². The Balaban J connectivity index is 1.27. The fourth-order valence-electron chi connectivity index (χ4n) is 8.03. The van der Waals surface area contributed by atoms with Crippen molar-refractivity contribution in [2.24, 2.45) is 23.7 Å². The van der Waals surface area contributed by atoms with Crippen molar-refractivity contribution < 1.29 is 113 Å². The number of carbonyl (C=O) groups is 4. The number of carboxylic acid groups (broad SMARTS) is 1. The number of hydrogen-bond acceptors (Lipinski definition) is 24. The smallest absolute Gasteiger partial charge is 0.367 e. The van der Waals surface area contributed by atoms with Crippen LogP contribution < -0.4 is 0 Å². The van der Waals surface area contributed by atoms with E-state index in [0.29, 0.717) is 0 Å². The van der Waals surface area contributed by atoms with E-state index in [2.05, 4.69) is 0 Å². The highest BCUT2D eigenvalue weighted by Gasteiger charge is 2.56. The summed E-state index contributed by atoms with van der Waals surface area (Å²) in [6, 6.07) is 0. The summed E-state index contributed by atoms with van der Waals surface area (Å²) in [7, 11) is 0. The number of fused-ring (bicyclic) bond motifs is 2. The second-order valence-electron chi connectivity index (χ2n) is 14.6. The summed E-state index contributed by atoms with van der Waals surface area (Å²) in [5.74, 6) is -7.70. The summed E-state index contributed by atoms with van der Waals surface area (Å²) in [4.78, 5) is 50.4. The van der Waals surface area contributed by atoms with Gasteiger partial charge in [0.2, 0.25) is 18.9 Å². The topological polar surface area (TPSA) is 354 Å². The van der Waals surface area contributed by atoms with Crippen LogP contribution >= 0.6 is 23.5 Å². The first kappa shape index (κ1) is 47.1. The monoisotopic (exact) mass is 910 g/mol. The van der Waals surface area contributed by atoms with Crippen LogP contribution in [0, 0.1) is 23.7 Å². The first-order valence-electron chi connectivity index (χ1n) is 18.6. The minimum absolute atomic E-state index is 0.153. The van der Waals surface area contributed by atoms with Gasteiger partial charge < -0.3 is 93.7 Å². The maximum Gasteiger partial charge on any atom is 0.367 e. The van der Waals surface area contributed by atoms with Crippen molar-refractivity contribution in [1.82, 2.24) is 0 Å². The molecule has 0 aromatic heterocycles. The van der Waals surface area contributed by atoms with E-state index in [0.717, 1.165) is 36.0 Å². The summed E-state index contributed by atoms with van der Waals surface area (Å²) in [6.07, 6.45) is -17.0. The molecule has 0 aromatic rings. The number of aliphatic carboxylic acids is 1. The number of aliphatic hydroxyl groups excluding tert-OH is 9. The molecule has 0 spiro atoms. The van der Waals surface area contributed by atoms with Crippen molar-refractivity contribution in [3.05, 3.63) is 47.0 Å². The van der Waals surface area contributed by atoms with Crippen LogP contribution in [0.1, 0.15) is 0 Å². The lowest BCUT2D eigenvalue weighted by Crippen LogP contribution is -2.62. The molecule has 4 heterocycles. The van der Waals surface area contributed by atoms with E-state index in [4.69, 9.17) is 42.6 Å². The Morgan fingerprint density at radius 1 is 0.607 bits per heavy atom. The normalized spacial score (nSPS) is 40.4. The van der Waals surface area contributed by atoms with E-state index in [1.165, 1.54) is 24.7 Å². The van der Waals surface area contributed by atoms with Crippen molar-refractivity contribution >= 4 is 46.1 Å². The molecule has 340 valence electrons. The number of carboxylic acids is 1. The van der Waals surface area contributed by atoms with Crippen molar-refractivity contribution in [2.45, 2.75) is 86.2 Å². The lowest BCUT2D eigenvalue weighted by atomic mass is 9.82. The van der Waals surface area contributed by atoms with Gasteiger partial charge >= 0.3 is 22.5 Å². The molecule has 0 unspecified atom stereocenters. The molecule has 2 fully saturated rings. The Morgan fingerprint density at radius 2 is 1.07 bits per heavy atom. The molecular weight excluding hydrogens is 865 g/mol. The van der Waals surface area contributed by atoms with Crippen molar-refractivity contribution in [3.63, 3.8) is 0 Å². The van der Waals surface area contributed by atoms with Gasteiger partial charge in [0, 0.05) is 11.8 Å². The summed E-state index contributed by atoms with van der Waals surface area (Å²) in [5, 5.41) is 104. The number of thioether (sulfide) groups is 2. The summed E-state index contributed by atoms with van der Waals surface area (Å²) in [6.45, 7) is -2.55. The Morgan fingerprint density at radius 3 is 1.56 bits per heavy atom. The van der Waals surface area contributed by atoms with Gasteiger partial charge in [-0.1, -0.05) is 12.2 Å². The van der Waals surface area contributed by atoms with E-state index >= 15 is 0 Å². The van der Waals surface area contributed by atoms with E-state index in [1.807, 2.05) is 0 Å². The lowest BCUT2D eigenvalue weighted by Gasteiger charge is -2.45. The average Bonchev–Trinajstić information content (AvgIpc) is 3.77. The lowest BCUT2D eigenvalue weighted by molar-refractivity contribution is -0.342. The van der Waals surface area contributed by atoms with Crippen LogP contribution in [-0.2, 0) is 52.2 Å². The molecule has 6 rings (SSSR count). The molecule has 6 aliphatic rings. The molecular formula is C36H46O23S2. The van der Waals surface area contributed by atoms with Gasteiger partial charge in [0.1, 0.15) is 55.9 Å². The SMILES string of the molecule is CSC(=O)OCC1=C[C@H](O)[C@@H]2C(C(=O)O)=CO[C@@H](O[C@@H]3O[C@H](CO)[C@@H](O)[C@H](O)[C@H]3OC(=O)C3=CO[C@@H](O[C@@H]4O[C@H](CO)[C@@H](O)[C@H](O)[C@H]4O)[C@@H]4C(COC(=O)SC)=C[C@H](O)[C@H]34)[C@H]12. The molecule has 2 saturated heterocycles. The number of ether oxygens (including phenoxy) is 9. The van der Waals surface area contributed by atoms with Crippen LogP contribution in [0.5, 0.6) is 0 Å². The predicted octanol–water partition coefficient (Wildman–Crippen LogP) is -3.20. The van der Waals surface area contributed by atoms with Crippen LogP contribution in [0.15, 0.2) is 47.0 Å². The molecule has 25 heteroatoms. The van der Waals surface area contributed by atoms with Gasteiger partial charge in [-0.2, -0.15) is 0 Å². The Hall–Kier alpha value is -3.38. The quantitative estimate of drug-likeness (QED) is 0.0494. The van der Waals surface area contributed by atoms with Gasteiger partial charge in [-0.25, -0.2) is 19.2 Å². The van der Waals surface area contributed by atoms with E-state index in [9.17, 15) is 70.2 Å². The molecule has 23 nitrogen and oxygen atoms in total. The van der Waals surface area contributed by atoms with Crippen LogP contribution in [-0.4, -0.2) is 199 Å². The second kappa shape index (κ2) is 20.0. The van der Waals surface area contributed by atoms with Crippen LogP contribution in [0.25, 0.3) is 0 Å². The maximum absolute atomic E-state index is 14.2. The molecule has 4 aliphatic heterocycles. The highest BCUT2D eigenvalue weighted by atomic mass is 32.2. The third-order valence-electron chi connectivity index (χ3n) is 11.1. The first-order valence-corrected chi connectivity index (χ1v) is 21.1. The third-order valence-corrected chi connectivity index (χ3v) is 12.0. The minimum Gasteiger partial charge on any atom is -0.478 e. The highest BCUT2D eigenvalue weighted by molar-refractivity contribution is 8.12. The molecule has 0 amide bonds. The molecule has 0 radical (unpaired) electrons. The maximum atomic E-state index is 14.2. The predicted molar refractivity (Wildman–Crippen MR) is 199 cm³/mol. The van der Waals surface area contributed by atoms with Gasteiger partial charge in [-0.3, -0.25) is 0 Å². The van der Waals surface area contributed by atoms with Crippen molar-refractivity contribution in [3.8, 4) is 0 Å². The number of aliphatic hydroxyl groups is 9. The largest absolute Gasteiger partial charge is 0.478 e. The van der Waals surface area contributed by atoms with Crippen LogP contribution in [0.2, 0.25) is 0 Å². The zero-order valence-electron chi connectivity index (χ0n) is 32.1. The molecule has 0 aromatic carbocycles. The van der Waals surface area contributed by atoms with E-state index < -0.39 is 164 Å². The molecule has 61 heavy (non-hydrogen) atoms. The van der Waals surface area contributed by atoms with Crippen LogP contribution in [0.3, 0.4) is 0 Å². The highest BCUT2D eigenvalue weighted by Crippen LogP contribution is 2.47. The third kappa shape index (κ3) is 9.60. The summed E-state index contributed by atoms with van der Waals surface area (Å²) in [5.41, 5.74) is -0.450. The molecule has 0 bridgehead atoms.